The zero-order valence-corrected chi connectivity index (χ0v) is 13.6. The van der Waals surface area contributed by atoms with Crippen LogP contribution < -0.4 is 0 Å². The predicted molar refractivity (Wildman–Crippen MR) is 88.6 cm³/mol. The van der Waals surface area contributed by atoms with Gasteiger partial charge in [0.15, 0.2) is 5.89 Å². The van der Waals surface area contributed by atoms with Crippen LogP contribution in [0.4, 0.5) is 0 Å². The molecule has 0 aromatic carbocycles. The SMILES string of the molecule is O=C(c1ccnnc1)N1CCc2oc(CCc3cccnc3)nc2C1. The van der Waals surface area contributed by atoms with Crippen molar-refractivity contribution in [3.8, 4) is 0 Å². The van der Waals surface area contributed by atoms with Crippen molar-refractivity contribution in [3.05, 3.63) is 71.5 Å². The molecule has 3 aromatic rings. The number of carbonyl (C=O) groups excluding carboxylic acids is 1. The van der Waals surface area contributed by atoms with E-state index >= 15 is 0 Å². The molecule has 1 aliphatic rings. The van der Waals surface area contributed by atoms with Gasteiger partial charge in [0.05, 0.1) is 24.5 Å². The Balaban J connectivity index is 1.43. The molecule has 0 fully saturated rings. The minimum atomic E-state index is -0.0551. The second-order valence-corrected chi connectivity index (χ2v) is 5.95. The highest BCUT2D eigenvalue weighted by Crippen LogP contribution is 2.22. The van der Waals surface area contributed by atoms with Gasteiger partial charge in [-0.25, -0.2) is 4.98 Å². The first kappa shape index (κ1) is 15.4. The van der Waals surface area contributed by atoms with Crippen molar-refractivity contribution in [3.63, 3.8) is 0 Å². The Morgan fingerprint density at radius 3 is 2.92 bits per heavy atom. The van der Waals surface area contributed by atoms with E-state index in [0.717, 1.165) is 29.9 Å². The summed E-state index contributed by atoms with van der Waals surface area (Å²) in [7, 11) is 0. The molecular formula is C18H17N5O2. The van der Waals surface area contributed by atoms with Crippen LogP contribution in [0.1, 0.15) is 33.3 Å². The lowest BCUT2D eigenvalue weighted by Gasteiger charge is -2.25. The average Bonchev–Trinajstić information content (AvgIpc) is 3.09. The predicted octanol–water partition coefficient (Wildman–Crippen LogP) is 1.84. The molecule has 0 spiro atoms. The fourth-order valence-corrected chi connectivity index (χ4v) is 2.93. The first-order valence-electron chi connectivity index (χ1n) is 8.22. The molecule has 7 heteroatoms. The van der Waals surface area contributed by atoms with Gasteiger partial charge in [-0.1, -0.05) is 6.07 Å². The molecule has 1 amide bonds. The van der Waals surface area contributed by atoms with Gasteiger partial charge in [-0.15, -0.1) is 0 Å². The van der Waals surface area contributed by atoms with E-state index in [9.17, 15) is 4.79 Å². The van der Waals surface area contributed by atoms with Crippen molar-refractivity contribution >= 4 is 5.91 Å². The van der Waals surface area contributed by atoms with Crippen LogP contribution in [0.5, 0.6) is 0 Å². The van der Waals surface area contributed by atoms with Crippen LogP contribution in [0.25, 0.3) is 0 Å². The Labute approximate surface area is 144 Å². The minimum absolute atomic E-state index is 0.0551. The van der Waals surface area contributed by atoms with E-state index in [-0.39, 0.29) is 5.91 Å². The Kier molecular flexibility index (Phi) is 4.20. The molecule has 0 radical (unpaired) electrons. The van der Waals surface area contributed by atoms with E-state index in [0.29, 0.717) is 31.0 Å². The number of oxazole rings is 1. The van der Waals surface area contributed by atoms with Gasteiger partial charge in [0.25, 0.3) is 5.91 Å². The smallest absolute Gasteiger partial charge is 0.255 e. The molecule has 3 aromatic heterocycles. The third-order valence-electron chi connectivity index (χ3n) is 4.24. The van der Waals surface area contributed by atoms with Crippen LogP contribution in [0.15, 0.2) is 47.4 Å². The van der Waals surface area contributed by atoms with Crippen molar-refractivity contribution in [1.29, 1.82) is 0 Å². The zero-order chi connectivity index (χ0) is 17.1. The van der Waals surface area contributed by atoms with Gasteiger partial charge in [-0.3, -0.25) is 9.78 Å². The molecule has 126 valence electrons. The number of fused-ring (bicyclic) bond motifs is 1. The summed E-state index contributed by atoms with van der Waals surface area (Å²) in [6.45, 7) is 1.08. The Morgan fingerprint density at radius 2 is 2.12 bits per heavy atom. The fraction of sp³-hybridized carbons (Fsp3) is 0.278. The summed E-state index contributed by atoms with van der Waals surface area (Å²) in [5, 5.41) is 7.47. The van der Waals surface area contributed by atoms with Gasteiger partial charge >= 0.3 is 0 Å². The number of nitrogens with zero attached hydrogens (tertiary/aromatic N) is 5. The molecule has 0 saturated heterocycles. The van der Waals surface area contributed by atoms with Crippen molar-refractivity contribution < 1.29 is 9.21 Å². The van der Waals surface area contributed by atoms with Gasteiger partial charge in [0, 0.05) is 31.8 Å². The molecule has 4 heterocycles. The second-order valence-electron chi connectivity index (χ2n) is 5.95. The highest BCUT2D eigenvalue weighted by molar-refractivity contribution is 5.93. The molecular weight excluding hydrogens is 318 g/mol. The highest BCUT2D eigenvalue weighted by atomic mass is 16.4. The highest BCUT2D eigenvalue weighted by Gasteiger charge is 2.26. The summed E-state index contributed by atoms with van der Waals surface area (Å²) in [5.74, 6) is 1.55. The molecule has 0 aliphatic carbocycles. The van der Waals surface area contributed by atoms with Crippen LogP contribution in [0.2, 0.25) is 0 Å². The second kappa shape index (κ2) is 6.80. The minimum Gasteiger partial charge on any atom is -0.445 e. The summed E-state index contributed by atoms with van der Waals surface area (Å²) in [4.78, 5) is 23.0. The number of aryl methyl sites for hydroxylation is 2. The number of carbonyl (C=O) groups is 1. The molecule has 0 N–H and O–H groups in total. The molecule has 0 bridgehead atoms. The van der Waals surface area contributed by atoms with Crippen molar-refractivity contribution in [2.24, 2.45) is 0 Å². The van der Waals surface area contributed by atoms with Crippen molar-refractivity contribution in [2.75, 3.05) is 6.54 Å². The monoisotopic (exact) mass is 335 g/mol. The Hall–Kier alpha value is -3.09. The van der Waals surface area contributed by atoms with Gasteiger partial charge in [0.1, 0.15) is 11.5 Å². The van der Waals surface area contributed by atoms with Gasteiger partial charge < -0.3 is 9.32 Å². The summed E-state index contributed by atoms with van der Waals surface area (Å²) < 4.78 is 5.87. The lowest BCUT2D eigenvalue weighted by atomic mass is 10.1. The number of hydrogen-bond donors (Lipinski definition) is 0. The first-order chi connectivity index (χ1) is 12.3. The standard InChI is InChI=1S/C18H17N5O2/c24-18(14-5-8-20-21-11-14)23-9-6-16-15(12-23)22-17(25-16)4-3-13-2-1-7-19-10-13/h1-2,5,7-8,10-11H,3-4,6,9,12H2. The molecule has 7 nitrogen and oxygen atoms in total. The summed E-state index contributed by atoms with van der Waals surface area (Å²) in [6, 6.07) is 5.64. The van der Waals surface area contributed by atoms with Crippen LogP contribution >= 0.6 is 0 Å². The average molecular weight is 335 g/mol. The van der Waals surface area contributed by atoms with Crippen molar-refractivity contribution in [2.45, 2.75) is 25.8 Å². The summed E-state index contributed by atoms with van der Waals surface area (Å²) in [6.07, 6.45) is 8.86. The van der Waals surface area contributed by atoms with Crippen LogP contribution in [0.3, 0.4) is 0 Å². The van der Waals surface area contributed by atoms with E-state index in [2.05, 4.69) is 20.2 Å². The third-order valence-corrected chi connectivity index (χ3v) is 4.24. The maximum Gasteiger partial charge on any atom is 0.255 e. The number of hydrogen-bond acceptors (Lipinski definition) is 6. The third kappa shape index (κ3) is 3.40. The van der Waals surface area contributed by atoms with Gasteiger partial charge in [0.2, 0.25) is 0 Å². The van der Waals surface area contributed by atoms with Gasteiger partial charge in [-0.2, -0.15) is 10.2 Å². The molecule has 4 rings (SSSR count). The molecule has 1 aliphatic heterocycles. The molecule has 0 unspecified atom stereocenters. The topological polar surface area (TPSA) is 85.0 Å². The van der Waals surface area contributed by atoms with Crippen molar-refractivity contribution in [1.82, 2.24) is 25.1 Å². The summed E-state index contributed by atoms with van der Waals surface area (Å²) in [5.41, 5.74) is 2.54. The zero-order valence-electron chi connectivity index (χ0n) is 13.6. The number of pyridine rings is 1. The summed E-state index contributed by atoms with van der Waals surface area (Å²) >= 11 is 0. The van der Waals surface area contributed by atoms with E-state index in [1.54, 1.807) is 17.2 Å². The lowest BCUT2D eigenvalue weighted by Crippen LogP contribution is -2.35. The van der Waals surface area contributed by atoms with Gasteiger partial charge in [-0.05, 0) is 24.1 Å². The number of aromatic nitrogens is 4. The van der Waals surface area contributed by atoms with Crippen LogP contribution in [-0.4, -0.2) is 37.5 Å². The molecule has 0 saturated carbocycles. The van der Waals surface area contributed by atoms with Crippen LogP contribution in [0, 0.1) is 0 Å². The van der Waals surface area contributed by atoms with Crippen LogP contribution in [-0.2, 0) is 25.8 Å². The molecule has 0 atom stereocenters. The fourth-order valence-electron chi connectivity index (χ4n) is 2.93. The van der Waals surface area contributed by atoms with E-state index < -0.39 is 0 Å². The van der Waals surface area contributed by atoms with E-state index in [4.69, 9.17) is 4.42 Å². The first-order valence-corrected chi connectivity index (χ1v) is 8.22. The maximum atomic E-state index is 12.5. The Morgan fingerprint density at radius 1 is 1.16 bits per heavy atom. The number of amides is 1. The quantitative estimate of drug-likeness (QED) is 0.723. The molecule has 25 heavy (non-hydrogen) atoms. The number of rotatable bonds is 4. The lowest BCUT2D eigenvalue weighted by molar-refractivity contribution is 0.0727. The van der Waals surface area contributed by atoms with E-state index in [1.807, 2.05) is 18.3 Å². The largest absolute Gasteiger partial charge is 0.445 e. The Bertz CT molecular complexity index is 864. The maximum absolute atomic E-state index is 12.5. The van der Waals surface area contributed by atoms with E-state index in [1.165, 1.54) is 12.4 Å². The normalized spacial score (nSPS) is 13.5.